The van der Waals surface area contributed by atoms with Crippen LogP contribution < -0.4 is 10.6 Å². The summed E-state index contributed by atoms with van der Waals surface area (Å²) < 4.78 is 37.6. The average molecular weight is 532 g/mol. The van der Waals surface area contributed by atoms with Gasteiger partial charge < -0.3 is 20.1 Å². The van der Waals surface area contributed by atoms with Crippen LogP contribution in [0.15, 0.2) is 59.5 Å². The summed E-state index contributed by atoms with van der Waals surface area (Å²) in [5.74, 6) is -2.21. The highest BCUT2D eigenvalue weighted by Gasteiger charge is 2.29. The van der Waals surface area contributed by atoms with E-state index in [-0.39, 0.29) is 35.5 Å². The summed E-state index contributed by atoms with van der Waals surface area (Å²) in [6.07, 6.45) is 0. The second-order valence-electron chi connectivity index (χ2n) is 9.05. The molecule has 1 fully saturated rings. The lowest BCUT2D eigenvalue weighted by Crippen LogP contribution is -2.46. The van der Waals surface area contributed by atoms with Crippen molar-refractivity contribution < 1.29 is 32.3 Å². The van der Waals surface area contributed by atoms with Crippen molar-refractivity contribution in [3.63, 3.8) is 0 Å². The Morgan fingerprint density at radius 3 is 2.30 bits per heavy atom. The number of nitrogens with one attached hydrogen (secondary N) is 2. The number of ether oxygens (including phenoxy) is 2. The van der Waals surface area contributed by atoms with Crippen molar-refractivity contribution in [2.24, 2.45) is 5.92 Å². The largest absolute Gasteiger partial charge is 0.454 e. The number of rotatable bonds is 10. The van der Waals surface area contributed by atoms with Gasteiger partial charge in [-0.1, -0.05) is 50.2 Å². The fourth-order valence-electron chi connectivity index (χ4n) is 3.79. The van der Waals surface area contributed by atoms with E-state index >= 15 is 0 Å². The smallest absolute Gasteiger partial charge is 0.329 e. The van der Waals surface area contributed by atoms with Crippen molar-refractivity contribution >= 4 is 27.8 Å². The maximum atomic E-state index is 12.9. The molecule has 2 aromatic carbocycles. The molecule has 1 unspecified atom stereocenters. The Morgan fingerprint density at radius 2 is 1.65 bits per heavy atom. The lowest BCUT2D eigenvalue weighted by atomic mass is 10.0. The van der Waals surface area contributed by atoms with E-state index in [2.05, 4.69) is 10.6 Å². The van der Waals surface area contributed by atoms with Gasteiger partial charge in [0, 0.05) is 18.7 Å². The Morgan fingerprint density at radius 1 is 0.973 bits per heavy atom. The summed E-state index contributed by atoms with van der Waals surface area (Å²) >= 11 is 0. The molecule has 0 saturated carbocycles. The fourth-order valence-corrected chi connectivity index (χ4v) is 5.25. The molecule has 2 atom stereocenters. The summed E-state index contributed by atoms with van der Waals surface area (Å²) in [6, 6.07) is 13.7. The molecule has 0 bridgehead atoms. The molecule has 2 aromatic rings. The molecule has 10 nitrogen and oxygen atoms in total. The fraction of sp³-hybridized carbons (Fsp3) is 0.423. The highest BCUT2D eigenvalue weighted by molar-refractivity contribution is 7.89. The second kappa shape index (κ2) is 12.8. The number of hydrogen-bond donors (Lipinski definition) is 2. The van der Waals surface area contributed by atoms with Gasteiger partial charge in [0.15, 0.2) is 6.61 Å². The Balaban J connectivity index is 1.61. The van der Waals surface area contributed by atoms with Crippen LogP contribution >= 0.6 is 0 Å². The topological polar surface area (TPSA) is 131 Å². The Labute approximate surface area is 217 Å². The molecule has 0 aliphatic carbocycles. The van der Waals surface area contributed by atoms with Gasteiger partial charge in [-0.15, -0.1) is 0 Å². The second-order valence-corrected chi connectivity index (χ2v) is 11.0. The van der Waals surface area contributed by atoms with Crippen LogP contribution in [0.1, 0.15) is 42.7 Å². The number of sulfonamides is 1. The minimum atomic E-state index is -3.79. The number of nitrogens with zero attached hydrogens (tertiary/aromatic N) is 1. The standard InChI is InChI=1S/C26H33N3O7S/c1-18(2)24(26(32)36-17-23(30)27-19(3)20-8-5-4-6-9-20)28-25(31)21-10-7-11-22(16-21)37(33,34)29-12-14-35-15-13-29/h4-11,16,18-19,24H,12-15,17H2,1-3H3,(H,27,30)(H,28,31)/t19?,24-/m0/s1. The molecule has 11 heteroatoms. The van der Waals surface area contributed by atoms with E-state index in [1.165, 1.54) is 28.6 Å². The van der Waals surface area contributed by atoms with Crippen LogP contribution in [0.3, 0.4) is 0 Å². The predicted octanol–water partition coefficient (Wildman–Crippen LogP) is 1.88. The first-order chi connectivity index (χ1) is 17.6. The highest BCUT2D eigenvalue weighted by Crippen LogP contribution is 2.19. The minimum absolute atomic E-state index is 0.0186. The SMILES string of the molecule is CC(NC(=O)COC(=O)[C@@H](NC(=O)c1cccc(S(=O)(=O)N2CCOCC2)c1)C(C)C)c1ccccc1. The van der Waals surface area contributed by atoms with Crippen molar-refractivity contribution in [1.29, 1.82) is 0 Å². The van der Waals surface area contributed by atoms with Crippen LogP contribution in [-0.4, -0.2) is 69.5 Å². The van der Waals surface area contributed by atoms with E-state index in [0.29, 0.717) is 13.2 Å². The third-order valence-electron chi connectivity index (χ3n) is 5.93. The molecule has 3 rings (SSSR count). The van der Waals surface area contributed by atoms with Gasteiger partial charge in [0.1, 0.15) is 6.04 Å². The summed E-state index contributed by atoms with van der Waals surface area (Å²) in [5, 5.41) is 5.37. The minimum Gasteiger partial charge on any atom is -0.454 e. The van der Waals surface area contributed by atoms with Gasteiger partial charge in [0.05, 0.1) is 24.2 Å². The maximum absolute atomic E-state index is 12.9. The maximum Gasteiger partial charge on any atom is 0.329 e. The molecule has 1 aliphatic heterocycles. The number of carbonyl (C=O) groups is 3. The van der Waals surface area contributed by atoms with Gasteiger partial charge in [0.25, 0.3) is 11.8 Å². The normalized spacial score (nSPS) is 16.0. The Kier molecular flexibility index (Phi) is 9.79. The van der Waals surface area contributed by atoms with Crippen molar-refractivity contribution in [3.8, 4) is 0 Å². The highest BCUT2D eigenvalue weighted by atomic mass is 32.2. The van der Waals surface area contributed by atoms with Crippen molar-refractivity contribution in [3.05, 3.63) is 65.7 Å². The molecule has 1 saturated heterocycles. The molecule has 2 amide bonds. The number of amides is 2. The lowest BCUT2D eigenvalue weighted by molar-refractivity contribution is -0.151. The van der Waals surface area contributed by atoms with Crippen LogP contribution in [0, 0.1) is 5.92 Å². The molecule has 2 N–H and O–H groups in total. The Hall–Kier alpha value is -3.28. The number of esters is 1. The third kappa shape index (κ3) is 7.61. The summed E-state index contributed by atoms with van der Waals surface area (Å²) in [7, 11) is -3.79. The summed E-state index contributed by atoms with van der Waals surface area (Å²) in [6.45, 7) is 5.85. The van der Waals surface area contributed by atoms with E-state index < -0.39 is 40.5 Å². The van der Waals surface area contributed by atoms with E-state index in [1.54, 1.807) is 13.8 Å². The van der Waals surface area contributed by atoms with Gasteiger partial charge >= 0.3 is 5.97 Å². The molecule has 1 aliphatic rings. The monoisotopic (exact) mass is 531 g/mol. The van der Waals surface area contributed by atoms with Crippen LogP contribution in [0.25, 0.3) is 0 Å². The van der Waals surface area contributed by atoms with E-state index in [9.17, 15) is 22.8 Å². The molecule has 37 heavy (non-hydrogen) atoms. The third-order valence-corrected chi connectivity index (χ3v) is 7.83. The number of benzene rings is 2. The summed E-state index contributed by atoms with van der Waals surface area (Å²) in [5.41, 5.74) is 0.995. The summed E-state index contributed by atoms with van der Waals surface area (Å²) in [4.78, 5) is 37.9. The molecular formula is C26H33N3O7S. The van der Waals surface area contributed by atoms with Gasteiger partial charge in [-0.05, 0) is 36.6 Å². The van der Waals surface area contributed by atoms with Gasteiger partial charge in [-0.25, -0.2) is 13.2 Å². The van der Waals surface area contributed by atoms with Gasteiger partial charge in [0.2, 0.25) is 10.0 Å². The van der Waals surface area contributed by atoms with Crippen LogP contribution in [0.5, 0.6) is 0 Å². The molecule has 200 valence electrons. The quantitative estimate of drug-likeness (QED) is 0.448. The van der Waals surface area contributed by atoms with Crippen molar-refractivity contribution in [1.82, 2.24) is 14.9 Å². The van der Waals surface area contributed by atoms with Gasteiger partial charge in [-0.2, -0.15) is 4.31 Å². The number of hydrogen-bond acceptors (Lipinski definition) is 7. The zero-order valence-electron chi connectivity index (χ0n) is 21.2. The predicted molar refractivity (Wildman–Crippen MR) is 136 cm³/mol. The van der Waals surface area contributed by atoms with Crippen molar-refractivity contribution in [2.75, 3.05) is 32.9 Å². The molecule has 0 spiro atoms. The van der Waals surface area contributed by atoms with Crippen molar-refractivity contribution in [2.45, 2.75) is 37.8 Å². The Bertz CT molecular complexity index is 1200. The number of morpholine rings is 1. The zero-order valence-corrected chi connectivity index (χ0v) is 22.0. The van der Waals surface area contributed by atoms with E-state index in [0.717, 1.165) is 5.56 Å². The first-order valence-corrected chi connectivity index (χ1v) is 13.5. The molecule has 0 aromatic heterocycles. The molecule has 0 radical (unpaired) electrons. The van der Waals surface area contributed by atoms with Crippen LogP contribution in [-0.2, 0) is 29.1 Å². The average Bonchev–Trinajstić information content (AvgIpc) is 2.91. The van der Waals surface area contributed by atoms with Gasteiger partial charge in [-0.3, -0.25) is 9.59 Å². The first-order valence-electron chi connectivity index (χ1n) is 12.1. The molecule has 1 heterocycles. The zero-order chi connectivity index (χ0) is 27.0. The van der Waals surface area contributed by atoms with E-state index in [1.807, 2.05) is 37.3 Å². The first kappa shape index (κ1) is 28.3. The lowest BCUT2D eigenvalue weighted by Gasteiger charge is -2.26. The van der Waals surface area contributed by atoms with E-state index in [4.69, 9.17) is 9.47 Å². The number of carbonyl (C=O) groups excluding carboxylic acids is 3. The molecular weight excluding hydrogens is 498 g/mol. The van der Waals surface area contributed by atoms with Crippen LogP contribution in [0.2, 0.25) is 0 Å². The van der Waals surface area contributed by atoms with Crippen LogP contribution in [0.4, 0.5) is 0 Å².